The van der Waals surface area contributed by atoms with E-state index in [0.29, 0.717) is 23.0 Å². The molecule has 1 N–H and O–H groups in total. The third-order valence-corrected chi connectivity index (χ3v) is 2.79. The number of halogens is 1. The van der Waals surface area contributed by atoms with E-state index in [0.717, 1.165) is 0 Å². The third-order valence-electron chi connectivity index (χ3n) is 2.55. The van der Waals surface area contributed by atoms with E-state index in [1.54, 1.807) is 36.2 Å². The van der Waals surface area contributed by atoms with Gasteiger partial charge in [0.25, 0.3) is 5.91 Å². The van der Waals surface area contributed by atoms with Gasteiger partial charge in [0.15, 0.2) is 0 Å². The van der Waals surface area contributed by atoms with Crippen LogP contribution in [0.3, 0.4) is 0 Å². The maximum atomic E-state index is 11.8. The van der Waals surface area contributed by atoms with E-state index >= 15 is 0 Å². The van der Waals surface area contributed by atoms with Crippen molar-refractivity contribution in [3.05, 3.63) is 34.9 Å². The molecule has 0 atom stereocenters. The van der Waals surface area contributed by atoms with E-state index in [1.807, 2.05) is 13.8 Å². The zero-order valence-corrected chi connectivity index (χ0v) is 12.2. The van der Waals surface area contributed by atoms with Gasteiger partial charge < -0.3 is 10.2 Å². The predicted octanol–water partition coefficient (Wildman–Crippen LogP) is 2.18. The van der Waals surface area contributed by atoms with Crippen LogP contribution in [0.15, 0.2) is 24.3 Å². The van der Waals surface area contributed by atoms with Crippen LogP contribution in [0.2, 0.25) is 5.02 Å². The summed E-state index contributed by atoms with van der Waals surface area (Å²) in [5.74, 6) is -0.00421. The molecular formula is C14H19ClN2O2. The lowest BCUT2D eigenvalue weighted by Crippen LogP contribution is -2.39. The second kappa shape index (κ2) is 7.14. The zero-order chi connectivity index (χ0) is 14.4. The molecule has 0 bridgehead atoms. The van der Waals surface area contributed by atoms with Crippen molar-refractivity contribution < 1.29 is 9.59 Å². The van der Waals surface area contributed by atoms with Crippen LogP contribution in [0, 0.1) is 5.92 Å². The van der Waals surface area contributed by atoms with Gasteiger partial charge in [-0.1, -0.05) is 31.5 Å². The molecular weight excluding hydrogens is 264 g/mol. The van der Waals surface area contributed by atoms with Crippen LogP contribution in [0.5, 0.6) is 0 Å². The Bertz CT molecular complexity index is 461. The average molecular weight is 283 g/mol. The Morgan fingerprint density at radius 1 is 1.37 bits per heavy atom. The molecule has 0 unspecified atom stereocenters. The molecule has 0 saturated heterocycles. The van der Waals surface area contributed by atoms with Gasteiger partial charge in [-0.15, -0.1) is 0 Å². The summed E-state index contributed by atoms with van der Waals surface area (Å²) >= 11 is 5.80. The Morgan fingerprint density at radius 2 is 2.05 bits per heavy atom. The second-order valence-corrected chi connectivity index (χ2v) is 5.30. The van der Waals surface area contributed by atoms with Gasteiger partial charge in [-0.05, 0) is 24.1 Å². The van der Waals surface area contributed by atoms with Crippen molar-refractivity contribution in [2.75, 3.05) is 20.1 Å². The lowest BCUT2D eigenvalue weighted by atomic mass is 10.2. The average Bonchev–Trinajstić information content (AvgIpc) is 2.34. The van der Waals surface area contributed by atoms with E-state index in [1.165, 1.54) is 0 Å². The van der Waals surface area contributed by atoms with Crippen LogP contribution in [-0.2, 0) is 4.79 Å². The van der Waals surface area contributed by atoms with Crippen molar-refractivity contribution in [2.45, 2.75) is 13.8 Å². The number of hydrogen-bond acceptors (Lipinski definition) is 2. The number of carbonyl (C=O) groups is 2. The van der Waals surface area contributed by atoms with Crippen LogP contribution < -0.4 is 5.32 Å². The molecule has 0 saturated carbocycles. The largest absolute Gasteiger partial charge is 0.344 e. The summed E-state index contributed by atoms with van der Waals surface area (Å²) in [6.45, 7) is 4.74. The molecule has 0 fully saturated rings. The highest BCUT2D eigenvalue weighted by Crippen LogP contribution is 2.10. The number of rotatable bonds is 5. The molecule has 1 rings (SSSR count). The van der Waals surface area contributed by atoms with Gasteiger partial charge in [0.05, 0.1) is 6.54 Å². The minimum absolute atomic E-state index is 0.00539. The van der Waals surface area contributed by atoms with E-state index in [4.69, 9.17) is 11.6 Å². The van der Waals surface area contributed by atoms with Gasteiger partial charge in [0, 0.05) is 24.2 Å². The summed E-state index contributed by atoms with van der Waals surface area (Å²) in [5.41, 5.74) is 0.451. The molecule has 19 heavy (non-hydrogen) atoms. The van der Waals surface area contributed by atoms with Gasteiger partial charge >= 0.3 is 0 Å². The van der Waals surface area contributed by atoms with Gasteiger partial charge in [0.2, 0.25) is 5.91 Å². The molecule has 0 radical (unpaired) electrons. The van der Waals surface area contributed by atoms with Gasteiger partial charge in [-0.2, -0.15) is 0 Å². The van der Waals surface area contributed by atoms with Gasteiger partial charge in [-0.3, -0.25) is 9.59 Å². The van der Waals surface area contributed by atoms with E-state index in [2.05, 4.69) is 5.32 Å². The van der Waals surface area contributed by atoms with Crippen molar-refractivity contribution in [1.29, 1.82) is 0 Å². The number of likely N-dealkylation sites (N-methyl/N-ethyl adjacent to an activating group) is 1. The Morgan fingerprint density at radius 3 is 2.63 bits per heavy atom. The lowest BCUT2D eigenvalue weighted by molar-refractivity contribution is -0.129. The molecule has 0 spiro atoms. The number of nitrogens with one attached hydrogen (secondary N) is 1. The maximum absolute atomic E-state index is 11.8. The summed E-state index contributed by atoms with van der Waals surface area (Å²) in [7, 11) is 1.73. The molecule has 0 aliphatic heterocycles. The first kappa shape index (κ1) is 15.5. The van der Waals surface area contributed by atoms with Crippen molar-refractivity contribution in [3.8, 4) is 0 Å². The van der Waals surface area contributed by atoms with Crippen LogP contribution in [0.25, 0.3) is 0 Å². The van der Waals surface area contributed by atoms with Crippen molar-refractivity contribution in [3.63, 3.8) is 0 Å². The fraction of sp³-hybridized carbons (Fsp3) is 0.429. The van der Waals surface area contributed by atoms with Crippen LogP contribution in [-0.4, -0.2) is 36.9 Å². The molecule has 0 heterocycles. The Kier molecular flexibility index (Phi) is 5.83. The summed E-state index contributed by atoms with van der Waals surface area (Å²) in [6.07, 6.45) is 0. The molecule has 5 heteroatoms. The van der Waals surface area contributed by atoms with Crippen LogP contribution in [0.1, 0.15) is 24.2 Å². The highest BCUT2D eigenvalue weighted by Gasteiger charge is 2.12. The smallest absolute Gasteiger partial charge is 0.251 e. The normalized spacial score (nSPS) is 10.4. The number of amides is 2. The number of carbonyl (C=O) groups excluding carboxylic acids is 2. The minimum Gasteiger partial charge on any atom is -0.344 e. The number of hydrogen-bond donors (Lipinski definition) is 1. The first-order valence-electron chi connectivity index (χ1n) is 6.18. The van der Waals surface area contributed by atoms with E-state index in [9.17, 15) is 9.59 Å². The predicted molar refractivity (Wildman–Crippen MR) is 76.3 cm³/mol. The topological polar surface area (TPSA) is 49.4 Å². The van der Waals surface area contributed by atoms with Crippen LogP contribution in [0.4, 0.5) is 0 Å². The standard InChI is InChI=1S/C14H19ClN2O2/c1-10(2)9-17(3)13(18)8-16-14(19)11-5-4-6-12(15)7-11/h4-7,10H,8-9H2,1-3H3,(H,16,19). The fourth-order valence-electron chi connectivity index (χ4n) is 1.67. The molecule has 1 aromatic carbocycles. The summed E-state index contributed by atoms with van der Waals surface area (Å²) in [6, 6.07) is 6.62. The summed E-state index contributed by atoms with van der Waals surface area (Å²) in [4.78, 5) is 25.2. The molecule has 0 aromatic heterocycles. The van der Waals surface area contributed by atoms with Crippen molar-refractivity contribution in [2.24, 2.45) is 5.92 Å². The third kappa shape index (κ3) is 5.30. The minimum atomic E-state index is -0.297. The van der Waals surface area contributed by atoms with E-state index < -0.39 is 0 Å². The number of benzene rings is 1. The van der Waals surface area contributed by atoms with Crippen molar-refractivity contribution >= 4 is 23.4 Å². The lowest BCUT2D eigenvalue weighted by Gasteiger charge is -2.19. The fourth-order valence-corrected chi connectivity index (χ4v) is 1.86. The second-order valence-electron chi connectivity index (χ2n) is 4.86. The SMILES string of the molecule is CC(C)CN(C)C(=O)CNC(=O)c1cccc(Cl)c1. The van der Waals surface area contributed by atoms with Crippen LogP contribution >= 0.6 is 11.6 Å². The van der Waals surface area contributed by atoms with E-state index in [-0.39, 0.29) is 18.4 Å². The number of nitrogens with zero attached hydrogens (tertiary/aromatic N) is 1. The molecule has 2 amide bonds. The highest BCUT2D eigenvalue weighted by molar-refractivity contribution is 6.30. The zero-order valence-electron chi connectivity index (χ0n) is 11.4. The summed E-state index contributed by atoms with van der Waals surface area (Å²) < 4.78 is 0. The summed E-state index contributed by atoms with van der Waals surface area (Å²) in [5, 5.41) is 3.09. The molecule has 4 nitrogen and oxygen atoms in total. The van der Waals surface area contributed by atoms with Crippen molar-refractivity contribution in [1.82, 2.24) is 10.2 Å². The Balaban J connectivity index is 2.48. The first-order valence-corrected chi connectivity index (χ1v) is 6.55. The first-order chi connectivity index (χ1) is 8.90. The quantitative estimate of drug-likeness (QED) is 0.900. The molecule has 0 aliphatic carbocycles. The maximum Gasteiger partial charge on any atom is 0.251 e. The molecule has 1 aromatic rings. The van der Waals surface area contributed by atoms with Gasteiger partial charge in [0.1, 0.15) is 0 Å². The Hall–Kier alpha value is -1.55. The monoisotopic (exact) mass is 282 g/mol. The highest BCUT2D eigenvalue weighted by atomic mass is 35.5. The van der Waals surface area contributed by atoms with Gasteiger partial charge in [-0.25, -0.2) is 0 Å². The molecule has 104 valence electrons. The molecule has 0 aliphatic rings. The Labute approximate surface area is 118 Å².